The molecule has 0 amide bonds. The molecule has 1 aromatic carbocycles. The fourth-order valence-corrected chi connectivity index (χ4v) is 2.67. The van der Waals surface area contributed by atoms with Crippen LogP contribution in [0.5, 0.6) is 0 Å². The molecule has 5 heteroatoms. The van der Waals surface area contributed by atoms with Crippen molar-refractivity contribution in [1.82, 2.24) is 5.32 Å². The largest absolute Gasteiger partial charge is 0.309 e. The standard InChI is InChI=1S/C14H17FN2O2/c15-12-7-9(1-6-13(12)17(18)19)8-16-14(10-2-3-10)11-4-5-11/h1,6-7,10-11,14,16H,2-5,8H2. The van der Waals surface area contributed by atoms with Crippen LogP contribution in [0.15, 0.2) is 18.2 Å². The van der Waals surface area contributed by atoms with Crippen molar-refractivity contribution in [2.45, 2.75) is 38.3 Å². The van der Waals surface area contributed by atoms with Gasteiger partial charge in [0.1, 0.15) is 0 Å². The molecule has 0 atom stereocenters. The van der Waals surface area contributed by atoms with Gasteiger partial charge in [-0.1, -0.05) is 6.07 Å². The highest BCUT2D eigenvalue weighted by Gasteiger charge is 2.40. The van der Waals surface area contributed by atoms with Crippen molar-refractivity contribution in [2.24, 2.45) is 11.8 Å². The van der Waals surface area contributed by atoms with Gasteiger partial charge in [0.25, 0.3) is 0 Å². The van der Waals surface area contributed by atoms with Gasteiger partial charge in [-0.15, -0.1) is 0 Å². The van der Waals surface area contributed by atoms with E-state index < -0.39 is 16.4 Å². The maximum absolute atomic E-state index is 13.5. The lowest BCUT2D eigenvalue weighted by Crippen LogP contribution is -2.32. The van der Waals surface area contributed by atoms with Gasteiger partial charge in [-0.25, -0.2) is 0 Å². The van der Waals surface area contributed by atoms with Gasteiger partial charge in [0.15, 0.2) is 0 Å². The summed E-state index contributed by atoms with van der Waals surface area (Å²) < 4.78 is 13.5. The Labute approximate surface area is 111 Å². The Morgan fingerprint density at radius 1 is 1.32 bits per heavy atom. The average Bonchev–Trinajstić information content (AvgIpc) is 3.23. The van der Waals surface area contributed by atoms with Gasteiger partial charge >= 0.3 is 5.69 Å². The Morgan fingerprint density at radius 3 is 2.42 bits per heavy atom. The number of halogens is 1. The van der Waals surface area contributed by atoms with Gasteiger partial charge in [-0.05, 0) is 49.1 Å². The number of hydrogen-bond donors (Lipinski definition) is 1. The predicted molar refractivity (Wildman–Crippen MR) is 69.1 cm³/mol. The zero-order valence-corrected chi connectivity index (χ0v) is 10.6. The number of nitrogens with one attached hydrogen (secondary N) is 1. The summed E-state index contributed by atoms with van der Waals surface area (Å²) in [7, 11) is 0. The van der Waals surface area contributed by atoms with Gasteiger partial charge in [-0.3, -0.25) is 10.1 Å². The van der Waals surface area contributed by atoms with Crippen LogP contribution in [0.4, 0.5) is 10.1 Å². The van der Waals surface area contributed by atoms with Gasteiger partial charge in [-0.2, -0.15) is 4.39 Å². The maximum atomic E-state index is 13.5. The molecule has 0 spiro atoms. The van der Waals surface area contributed by atoms with Crippen molar-refractivity contribution in [2.75, 3.05) is 0 Å². The van der Waals surface area contributed by atoms with Crippen molar-refractivity contribution in [3.8, 4) is 0 Å². The van der Waals surface area contributed by atoms with Crippen LogP contribution in [0.2, 0.25) is 0 Å². The monoisotopic (exact) mass is 264 g/mol. The highest BCUT2D eigenvalue weighted by molar-refractivity contribution is 5.35. The van der Waals surface area contributed by atoms with Crippen molar-refractivity contribution in [3.05, 3.63) is 39.7 Å². The second-order valence-corrected chi connectivity index (χ2v) is 5.62. The highest BCUT2D eigenvalue weighted by atomic mass is 19.1. The molecule has 0 aliphatic heterocycles. The average molecular weight is 264 g/mol. The van der Waals surface area contributed by atoms with E-state index in [4.69, 9.17) is 0 Å². The molecule has 1 aromatic rings. The normalized spacial score (nSPS) is 18.8. The van der Waals surface area contributed by atoms with E-state index in [1.165, 1.54) is 37.8 Å². The lowest BCUT2D eigenvalue weighted by atomic mass is 10.1. The summed E-state index contributed by atoms with van der Waals surface area (Å²) in [5, 5.41) is 14.0. The molecule has 0 unspecified atom stereocenters. The maximum Gasteiger partial charge on any atom is 0.304 e. The van der Waals surface area contributed by atoms with Gasteiger partial charge < -0.3 is 5.32 Å². The molecule has 0 bridgehead atoms. The smallest absolute Gasteiger partial charge is 0.304 e. The fourth-order valence-electron chi connectivity index (χ4n) is 2.67. The first-order chi connectivity index (χ1) is 9.15. The number of nitro benzene ring substituents is 1. The second kappa shape index (κ2) is 4.89. The fraction of sp³-hybridized carbons (Fsp3) is 0.571. The van der Waals surface area contributed by atoms with Crippen LogP contribution in [0, 0.1) is 27.8 Å². The molecule has 4 nitrogen and oxygen atoms in total. The highest BCUT2D eigenvalue weighted by Crippen LogP contribution is 2.44. The third kappa shape index (κ3) is 2.92. The van der Waals surface area contributed by atoms with Crippen LogP contribution in [0.25, 0.3) is 0 Å². The van der Waals surface area contributed by atoms with Crippen molar-refractivity contribution in [1.29, 1.82) is 0 Å². The van der Waals surface area contributed by atoms with Crippen LogP contribution >= 0.6 is 0 Å². The lowest BCUT2D eigenvalue weighted by Gasteiger charge is -2.17. The van der Waals surface area contributed by atoms with E-state index in [9.17, 15) is 14.5 Å². The topological polar surface area (TPSA) is 55.2 Å². The third-order valence-electron chi connectivity index (χ3n) is 4.01. The summed E-state index contributed by atoms with van der Waals surface area (Å²) in [4.78, 5) is 9.85. The van der Waals surface area contributed by atoms with E-state index in [0.29, 0.717) is 12.6 Å². The summed E-state index contributed by atoms with van der Waals surface area (Å²) in [5.41, 5.74) is 0.319. The Kier molecular flexibility index (Phi) is 3.22. The SMILES string of the molecule is O=[N+]([O-])c1ccc(CNC(C2CC2)C2CC2)cc1F. The molecule has 2 saturated carbocycles. The van der Waals surface area contributed by atoms with Crippen LogP contribution in [0.3, 0.4) is 0 Å². The minimum atomic E-state index is -0.751. The van der Waals surface area contributed by atoms with Crippen LogP contribution in [-0.2, 0) is 6.54 Å². The van der Waals surface area contributed by atoms with E-state index in [1.807, 2.05) is 0 Å². The van der Waals surface area contributed by atoms with E-state index in [1.54, 1.807) is 6.07 Å². The van der Waals surface area contributed by atoms with Gasteiger partial charge in [0.05, 0.1) is 4.92 Å². The lowest BCUT2D eigenvalue weighted by molar-refractivity contribution is -0.387. The molecule has 102 valence electrons. The molecule has 2 aliphatic carbocycles. The number of rotatable bonds is 6. The predicted octanol–water partition coefficient (Wildman–Crippen LogP) is 3.01. The molecular weight excluding hydrogens is 247 g/mol. The van der Waals surface area contributed by atoms with Crippen LogP contribution in [-0.4, -0.2) is 11.0 Å². The molecule has 0 heterocycles. The quantitative estimate of drug-likeness (QED) is 0.634. The van der Waals surface area contributed by atoms with Crippen molar-refractivity contribution in [3.63, 3.8) is 0 Å². The molecule has 0 radical (unpaired) electrons. The van der Waals surface area contributed by atoms with E-state index in [-0.39, 0.29) is 0 Å². The Hall–Kier alpha value is -1.49. The number of benzene rings is 1. The van der Waals surface area contributed by atoms with Crippen LogP contribution in [0.1, 0.15) is 31.2 Å². The van der Waals surface area contributed by atoms with E-state index in [0.717, 1.165) is 17.4 Å². The first kappa shape index (κ1) is 12.5. The summed E-state index contributed by atoms with van der Waals surface area (Å²) in [6, 6.07) is 4.70. The molecule has 0 aromatic heterocycles. The summed E-state index contributed by atoms with van der Waals surface area (Å²) >= 11 is 0. The zero-order chi connectivity index (χ0) is 13.4. The second-order valence-electron chi connectivity index (χ2n) is 5.62. The van der Waals surface area contributed by atoms with E-state index >= 15 is 0 Å². The summed E-state index contributed by atoms with van der Waals surface area (Å²) in [6.45, 7) is 0.590. The Bertz CT molecular complexity index is 486. The molecule has 0 saturated heterocycles. The summed E-state index contributed by atoms with van der Waals surface area (Å²) in [6.07, 6.45) is 5.18. The first-order valence-electron chi connectivity index (χ1n) is 6.81. The molecule has 1 N–H and O–H groups in total. The first-order valence-corrected chi connectivity index (χ1v) is 6.81. The minimum absolute atomic E-state index is 0.454. The summed E-state index contributed by atoms with van der Waals surface area (Å²) in [5.74, 6) is 0.824. The molecule has 2 fully saturated rings. The van der Waals surface area contributed by atoms with Gasteiger partial charge in [0, 0.05) is 18.7 Å². The third-order valence-corrected chi connectivity index (χ3v) is 4.01. The number of hydrogen-bond acceptors (Lipinski definition) is 3. The molecule has 3 rings (SSSR count). The van der Waals surface area contributed by atoms with Gasteiger partial charge in [0.2, 0.25) is 5.82 Å². The zero-order valence-electron chi connectivity index (χ0n) is 10.6. The Morgan fingerprint density at radius 2 is 1.95 bits per heavy atom. The number of nitrogens with zero attached hydrogens (tertiary/aromatic N) is 1. The number of nitro groups is 1. The van der Waals surface area contributed by atoms with E-state index in [2.05, 4.69) is 5.32 Å². The molecule has 2 aliphatic rings. The van der Waals surface area contributed by atoms with Crippen molar-refractivity contribution >= 4 is 5.69 Å². The Balaban J connectivity index is 1.63. The molecule has 19 heavy (non-hydrogen) atoms. The minimum Gasteiger partial charge on any atom is -0.309 e. The molecular formula is C14H17FN2O2. The van der Waals surface area contributed by atoms with Crippen molar-refractivity contribution < 1.29 is 9.31 Å². The van der Waals surface area contributed by atoms with Crippen LogP contribution < -0.4 is 5.32 Å².